The molecule has 0 radical (unpaired) electrons. The van der Waals surface area contributed by atoms with E-state index in [-0.39, 0.29) is 41.6 Å². The van der Waals surface area contributed by atoms with Crippen LogP contribution < -0.4 is 11.1 Å². The molecule has 1 aliphatic heterocycles. The minimum atomic E-state index is -0.645. The molecular formula is C24H32N6O3. The first-order valence-electron chi connectivity index (χ1n) is 11.9. The van der Waals surface area contributed by atoms with Gasteiger partial charge < -0.3 is 16.0 Å². The highest BCUT2D eigenvalue weighted by molar-refractivity contribution is 6.04. The average Bonchev–Trinajstić information content (AvgIpc) is 3.24. The van der Waals surface area contributed by atoms with E-state index >= 15 is 0 Å². The van der Waals surface area contributed by atoms with Crippen LogP contribution in [-0.2, 0) is 16.1 Å². The first kappa shape index (κ1) is 21.9. The number of nitrogens with two attached hydrogens (primary N) is 1. The zero-order valence-corrected chi connectivity index (χ0v) is 19.5. The number of aromatic nitrogens is 3. The molecule has 176 valence electrons. The van der Waals surface area contributed by atoms with Crippen molar-refractivity contribution in [1.82, 2.24) is 25.0 Å². The molecule has 0 aromatic carbocycles. The topological polar surface area (TPSA) is 123 Å². The normalized spacial score (nSPS) is 27.9. The van der Waals surface area contributed by atoms with Crippen molar-refractivity contribution in [2.45, 2.75) is 84.0 Å². The fourth-order valence-corrected chi connectivity index (χ4v) is 5.86. The summed E-state index contributed by atoms with van der Waals surface area (Å²) in [6.45, 7) is 6.26. The van der Waals surface area contributed by atoms with Gasteiger partial charge in [-0.1, -0.05) is 20.3 Å². The van der Waals surface area contributed by atoms with E-state index in [2.05, 4.69) is 29.2 Å². The minimum Gasteiger partial charge on any atom is -0.364 e. The average molecular weight is 453 g/mol. The van der Waals surface area contributed by atoms with E-state index in [0.29, 0.717) is 23.2 Å². The number of primary amides is 1. The smallest absolute Gasteiger partial charge is 0.269 e. The molecule has 3 heterocycles. The number of nitrogens with one attached hydrogen (secondary N) is 1. The Morgan fingerprint density at radius 1 is 1.27 bits per heavy atom. The molecule has 0 spiro atoms. The molecule has 33 heavy (non-hydrogen) atoms. The van der Waals surface area contributed by atoms with Crippen molar-refractivity contribution < 1.29 is 14.4 Å². The minimum absolute atomic E-state index is 0.0429. The zero-order valence-electron chi connectivity index (χ0n) is 19.5. The van der Waals surface area contributed by atoms with E-state index in [1.807, 2.05) is 6.92 Å². The van der Waals surface area contributed by atoms with Gasteiger partial charge >= 0.3 is 0 Å². The summed E-state index contributed by atoms with van der Waals surface area (Å²) < 4.78 is 1.48. The number of rotatable bonds is 5. The number of amides is 3. The van der Waals surface area contributed by atoms with Crippen molar-refractivity contribution in [3.8, 4) is 0 Å². The summed E-state index contributed by atoms with van der Waals surface area (Å²) in [6, 6.07) is 1.59. The van der Waals surface area contributed by atoms with Gasteiger partial charge in [0.2, 0.25) is 11.8 Å². The van der Waals surface area contributed by atoms with Crippen molar-refractivity contribution in [2.24, 2.45) is 17.1 Å². The van der Waals surface area contributed by atoms with E-state index in [9.17, 15) is 14.4 Å². The van der Waals surface area contributed by atoms with Gasteiger partial charge in [0.25, 0.3) is 5.91 Å². The van der Waals surface area contributed by atoms with Gasteiger partial charge in [-0.05, 0) is 56.4 Å². The van der Waals surface area contributed by atoms with Gasteiger partial charge in [0.05, 0.1) is 11.7 Å². The number of pyridine rings is 1. The van der Waals surface area contributed by atoms with Gasteiger partial charge in [-0.3, -0.25) is 24.0 Å². The quantitative estimate of drug-likeness (QED) is 0.717. The Balaban J connectivity index is 1.34. The summed E-state index contributed by atoms with van der Waals surface area (Å²) in [5, 5.41) is 8.13. The Morgan fingerprint density at radius 2 is 2.06 bits per heavy atom. The van der Waals surface area contributed by atoms with Crippen LogP contribution in [0.25, 0.3) is 10.9 Å². The van der Waals surface area contributed by atoms with Crippen LogP contribution in [0.4, 0.5) is 0 Å². The Morgan fingerprint density at radius 3 is 2.79 bits per heavy atom. The van der Waals surface area contributed by atoms with E-state index in [1.165, 1.54) is 11.1 Å². The Labute approximate surface area is 193 Å². The molecule has 9 nitrogen and oxygen atoms in total. The fourth-order valence-electron chi connectivity index (χ4n) is 5.86. The lowest BCUT2D eigenvalue weighted by molar-refractivity contribution is -0.140. The van der Waals surface area contributed by atoms with Crippen LogP contribution in [0.2, 0.25) is 0 Å². The lowest BCUT2D eigenvalue weighted by Gasteiger charge is -2.36. The van der Waals surface area contributed by atoms with E-state index < -0.39 is 11.9 Å². The van der Waals surface area contributed by atoms with Gasteiger partial charge in [0, 0.05) is 23.2 Å². The van der Waals surface area contributed by atoms with Crippen LogP contribution in [0.3, 0.4) is 0 Å². The summed E-state index contributed by atoms with van der Waals surface area (Å²) in [6.07, 6.45) is 7.51. The molecule has 2 aromatic rings. The van der Waals surface area contributed by atoms with Crippen LogP contribution in [-0.4, -0.2) is 55.5 Å². The molecule has 9 heteroatoms. The summed E-state index contributed by atoms with van der Waals surface area (Å²) >= 11 is 0. The van der Waals surface area contributed by atoms with Crippen LogP contribution in [0.5, 0.6) is 0 Å². The zero-order chi connectivity index (χ0) is 23.5. The summed E-state index contributed by atoms with van der Waals surface area (Å²) in [5.41, 5.74) is 7.19. The predicted octanol–water partition coefficient (Wildman–Crippen LogP) is 1.91. The Bertz CT molecular complexity index is 1140. The largest absolute Gasteiger partial charge is 0.364 e. The molecule has 5 rings (SSSR count). The molecule has 0 bridgehead atoms. The van der Waals surface area contributed by atoms with Gasteiger partial charge in [-0.15, -0.1) is 0 Å². The number of hydrogen-bond acceptors (Lipinski definition) is 5. The molecule has 3 amide bonds. The molecule has 2 aliphatic carbocycles. The van der Waals surface area contributed by atoms with Crippen molar-refractivity contribution in [3.05, 3.63) is 23.7 Å². The maximum atomic E-state index is 13.4. The summed E-state index contributed by atoms with van der Waals surface area (Å²) in [4.78, 5) is 44.5. The monoisotopic (exact) mass is 452 g/mol. The third-order valence-corrected chi connectivity index (χ3v) is 7.54. The number of aryl methyl sites for hydroxylation is 1. The molecule has 3 fully saturated rings. The molecule has 3 N–H and O–H groups in total. The Hall–Kier alpha value is -2.97. The van der Waals surface area contributed by atoms with Crippen molar-refractivity contribution in [1.29, 1.82) is 0 Å². The third-order valence-electron chi connectivity index (χ3n) is 7.54. The molecule has 2 saturated carbocycles. The van der Waals surface area contributed by atoms with Gasteiger partial charge in [0.1, 0.15) is 12.6 Å². The maximum absolute atomic E-state index is 13.4. The molecule has 1 saturated heterocycles. The molecule has 3 aliphatic rings. The predicted molar refractivity (Wildman–Crippen MR) is 122 cm³/mol. The van der Waals surface area contributed by atoms with Crippen molar-refractivity contribution >= 4 is 28.6 Å². The summed E-state index contributed by atoms with van der Waals surface area (Å²) in [5.74, 6) is -0.455. The van der Waals surface area contributed by atoms with E-state index in [4.69, 9.17) is 5.73 Å². The number of carbonyl (C=O) groups excluding carboxylic acids is 3. The van der Waals surface area contributed by atoms with Crippen molar-refractivity contribution in [2.75, 3.05) is 0 Å². The number of fused-ring (bicyclic) bond motifs is 2. The van der Waals surface area contributed by atoms with Crippen LogP contribution >= 0.6 is 0 Å². The SMILES string of the molecule is Cc1cc2c(C(N)=O)nn(CC(=O)N3[C@@H]4C[C@@H]4C[C@H]3C(=O)N[C@@H]3CCCC(C)(C)C3)c2cn1. The van der Waals surface area contributed by atoms with Gasteiger partial charge in [-0.2, -0.15) is 5.10 Å². The van der Waals surface area contributed by atoms with Gasteiger partial charge in [0.15, 0.2) is 5.69 Å². The number of piperidine rings is 1. The molecule has 2 aromatic heterocycles. The lowest BCUT2D eigenvalue weighted by atomic mass is 9.75. The highest BCUT2D eigenvalue weighted by atomic mass is 16.2. The maximum Gasteiger partial charge on any atom is 0.269 e. The van der Waals surface area contributed by atoms with Gasteiger partial charge in [-0.25, -0.2) is 0 Å². The Kier molecular flexibility index (Phi) is 5.17. The third kappa shape index (κ3) is 4.09. The number of likely N-dealkylation sites (tertiary alicyclic amines) is 1. The second kappa shape index (κ2) is 7.81. The second-order valence-electron chi connectivity index (χ2n) is 10.8. The van der Waals surface area contributed by atoms with Crippen LogP contribution in [0.1, 0.15) is 68.6 Å². The number of hydrogen-bond donors (Lipinski definition) is 2. The first-order chi connectivity index (χ1) is 15.6. The molecular weight excluding hydrogens is 420 g/mol. The highest BCUT2D eigenvalue weighted by Crippen LogP contribution is 2.48. The van der Waals surface area contributed by atoms with E-state index in [1.54, 1.807) is 17.2 Å². The highest BCUT2D eigenvalue weighted by Gasteiger charge is 2.56. The fraction of sp³-hybridized carbons (Fsp3) is 0.625. The lowest BCUT2D eigenvalue weighted by Crippen LogP contribution is -2.52. The van der Waals surface area contributed by atoms with E-state index in [0.717, 1.165) is 31.4 Å². The van der Waals surface area contributed by atoms with Crippen LogP contribution in [0.15, 0.2) is 12.3 Å². The molecule has 0 unspecified atom stereocenters. The molecule has 4 atom stereocenters. The number of carbonyl (C=O) groups is 3. The summed E-state index contributed by atoms with van der Waals surface area (Å²) in [7, 11) is 0. The first-order valence-corrected chi connectivity index (χ1v) is 11.9. The van der Waals surface area contributed by atoms with Crippen molar-refractivity contribution in [3.63, 3.8) is 0 Å². The second-order valence-corrected chi connectivity index (χ2v) is 10.8. The number of nitrogens with zero attached hydrogens (tertiary/aromatic N) is 4. The standard InChI is InChI=1S/C24H32N6O3/c1-13-7-16-19(11-26-13)29(28-21(16)22(25)32)12-20(31)30-17-8-14(17)9-18(30)23(33)27-15-5-4-6-24(2,3)10-15/h7,11,14-15,17-18H,4-6,8-10,12H2,1-3H3,(H2,25,32)(H,27,33)/t14-,15-,17-,18+/m1/s1. The van der Waals surface area contributed by atoms with Crippen LogP contribution in [0, 0.1) is 18.3 Å².